The van der Waals surface area contributed by atoms with Crippen LogP contribution in [-0.2, 0) is 10.8 Å². The highest BCUT2D eigenvalue weighted by Crippen LogP contribution is 3.02. The largest absolute Gasteiger partial charge is 0.398 e. The van der Waals surface area contributed by atoms with E-state index in [-0.39, 0.29) is 29.9 Å². The van der Waals surface area contributed by atoms with Gasteiger partial charge in [-0.1, -0.05) is 83.5 Å². The van der Waals surface area contributed by atoms with Gasteiger partial charge in [-0.2, -0.15) is 13.2 Å². The second-order valence-electron chi connectivity index (χ2n) is 9.73. The SMILES string of the molecule is CC(C)c1ccc(C2(C(F)(F)F)CC2CC(C)(C)c2ccc(S(F)(F)(F)(F)F)cc2)cc1. The Bertz CT molecular complexity index is 987. The summed E-state index contributed by atoms with van der Waals surface area (Å²) in [7, 11) is -9.80. The van der Waals surface area contributed by atoms with Crippen LogP contribution >= 0.6 is 10.2 Å². The Balaban J connectivity index is 1.87. The Morgan fingerprint density at radius 1 is 0.875 bits per heavy atom. The molecule has 0 spiro atoms. The molecule has 0 amide bonds. The van der Waals surface area contributed by atoms with Crippen LogP contribution in [0.3, 0.4) is 0 Å². The molecule has 1 saturated carbocycles. The Morgan fingerprint density at radius 3 is 1.78 bits per heavy atom. The predicted octanol–water partition coefficient (Wildman–Crippen LogP) is 9.66. The lowest BCUT2D eigenvalue weighted by molar-refractivity contribution is -0.165. The average Bonchev–Trinajstić information content (AvgIpc) is 3.34. The molecule has 9 heteroatoms. The summed E-state index contributed by atoms with van der Waals surface area (Å²) in [6.07, 6.45) is -4.56. The van der Waals surface area contributed by atoms with Crippen molar-refractivity contribution in [2.45, 2.75) is 68.4 Å². The highest BCUT2D eigenvalue weighted by atomic mass is 32.5. The predicted molar refractivity (Wildman–Crippen MR) is 112 cm³/mol. The summed E-state index contributed by atoms with van der Waals surface area (Å²) >= 11 is 0. The first kappa shape index (κ1) is 24.9. The van der Waals surface area contributed by atoms with Crippen LogP contribution in [0.15, 0.2) is 53.4 Å². The number of rotatable bonds is 6. The lowest BCUT2D eigenvalue weighted by atomic mass is 9.77. The van der Waals surface area contributed by atoms with Crippen LogP contribution in [0.4, 0.5) is 32.6 Å². The third-order valence-electron chi connectivity index (χ3n) is 6.54. The Kier molecular flexibility index (Phi) is 5.16. The number of hydrogen-bond acceptors (Lipinski definition) is 0. The molecular weight excluding hydrogens is 460 g/mol. The summed E-state index contributed by atoms with van der Waals surface area (Å²) in [5.41, 5.74) is -1.57. The van der Waals surface area contributed by atoms with E-state index in [1.807, 2.05) is 13.8 Å². The Labute approximate surface area is 182 Å². The smallest absolute Gasteiger partial charge is 0.170 e. The van der Waals surface area contributed by atoms with Gasteiger partial charge in [-0.25, -0.2) is 0 Å². The standard InChI is InChI=1S/C23H26F8S/c1-15(2)16-5-7-18(8-6-16)22(23(24,25)26)14-19(22)13-21(3,4)17-9-11-20(12-10-17)32(27,28,29,30)31/h5-12,15,19H,13-14H2,1-4H3. The molecule has 2 aromatic rings. The van der Waals surface area contributed by atoms with Gasteiger partial charge in [0.1, 0.15) is 4.90 Å². The maximum atomic E-state index is 14.1. The first-order chi connectivity index (χ1) is 14.2. The van der Waals surface area contributed by atoms with Crippen LogP contribution in [-0.4, -0.2) is 6.18 Å². The molecule has 1 fully saturated rings. The zero-order valence-corrected chi connectivity index (χ0v) is 18.9. The minimum atomic E-state index is -9.80. The number of hydrogen-bond donors (Lipinski definition) is 0. The minimum Gasteiger partial charge on any atom is -0.170 e. The van der Waals surface area contributed by atoms with E-state index in [4.69, 9.17) is 0 Å². The van der Waals surface area contributed by atoms with Crippen molar-refractivity contribution in [3.05, 3.63) is 65.2 Å². The molecule has 0 radical (unpaired) electrons. The Morgan fingerprint density at radius 2 is 1.38 bits per heavy atom. The van der Waals surface area contributed by atoms with Crippen molar-refractivity contribution in [3.8, 4) is 0 Å². The summed E-state index contributed by atoms with van der Waals surface area (Å²) in [6, 6.07) is 8.86. The van der Waals surface area contributed by atoms with E-state index >= 15 is 0 Å². The van der Waals surface area contributed by atoms with Crippen molar-refractivity contribution >= 4 is 10.2 Å². The van der Waals surface area contributed by atoms with Gasteiger partial charge in [0.15, 0.2) is 0 Å². The fourth-order valence-electron chi connectivity index (χ4n) is 4.50. The third kappa shape index (κ3) is 4.63. The van der Waals surface area contributed by atoms with Crippen molar-refractivity contribution in [2.24, 2.45) is 5.92 Å². The van der Waals surface area contributed by atoms with E-state index in [2.05, 4.69) is 0 Å². The molecule has 180 valence electrons. The minimum absolute atomic E-state index is 0.0498. The first-order valence-electron chi connectivity index (χ1n) is 10.2. The summed E-state index contributed by atoms with van der Waals surface area (Å²) in [5.74, 6) is -0.591. The third-order valence-corrected chi connectivity index (χ3v) is 7.70. The van der Waals surface area contributed by atoms with Gasteiger partial charge in [0.25, 0.3) is 0 Å². The highest BCUT2D eigenvalue weighted by molar-refractivity contribution is 8.45. The summed E-state index contributed by atoms with van der Waals surface area (Å²) in [6.45, 7) is 7.11. The Hall–Kier alpha value is -1.77. The monoisotopic (exact) mass is 486 g/mol. The highest BCUT2D eigenvalue weighted by Gasteiger charge is 2.71. The molecule has 0 nitrogen and oxygen atoms in total. The summed E-state index contributed by atoms with van der Waals surface area (Å²) in [4.78, 5) is -2.01. The first-order valence-corrected chi connectivity index (χ1v) is 12.1. The summed E-state index contributed by atoms with van der Waals surface area (Å²) < 4.78 is 107. The number of benzene rings is 2. The van der Waals surface area contributed by atoms with Gasteiger partial charge in [-0.05, 0) is 58.9 Å². The molecule has 0 heterocycles. The van der Waals surface area contributed by atoms with Crippen molar-refractivity contribution in [1.82, 2.24) is 0 Å². The molecule has 1 aliphatic rings. The molecule has 2 aromatic carbocycles. The lowest BCUT2D eigenvalue weighted by Crippen LogP contribution is -2.32. The maximum absolute atomic E-state index is 14.1. The van der Waals surface area contributed by atoms with Crippen LogP contribution in [0.5, 0.6) is 0 Å². The molecule has 32 heavy (non-hydrogen) atoms. The maximum Gasteiger partial charge on any atom is 0.398 e. The molecule has 3 rings (SSSR count). The lowest BCUT2D eigenvalue weighted by Gasteiger charge is -2.40. The normalized spacial score (nSPS) is 24.2. The second-order valence-corrected chi connectivity index (χ2v) is 12.1. The van der Waals surface area contributed by atoms with Crippen LogP contribution in [0.25, 0.3) is 0 Å². The quantitative estimate of drug-likeness (QED) is 0.357. The van der Waals surface area contributed by atoms with Crippen LogP contribution in [0.1, 0.15) is 63.1 Å². The van der Waals surface area contributed by atoms with Crippen molar-refractivity contribution in [1.29, 1.82) is 0 Å². The zero-order valence-electron chi connectivity index (χ0n) is 18.1. The van der Waals surface area contributed by atoms with E-state index in [9.17, 15) is 32.6 Å². The number of alkyl halides is 3. The molecule has 0 aromatic heterocycles. The van der Waals surface area contributed by atoms with Crippen LogP contribution in [0, 0.1) is 5.92 Å². The van der Waals surface area contributed by atoms with E-state index in [0.29, 0.717) is 12.1 Å². The van der Waals surface area contributed by atoms with Gasteiger partial charge in [0.05, 0.1) is 5.41 Å². The molecule has 0 N–H and O–H groups in total. The van der Waals surface area contributed by atoms with E-state index < -0.39 is 38.0 Å². The summed E-state index contributed by atoms with van der Waals surface area (Å²) in [5, 5.41) is 0. The molecule has 2 atom stereocenters. The van der Waals surface area contributed by atoms with Gasteiger partial charge < -0.3 is 0 Å². The van der Waals surface area contributed by atoms with Gasteiger partial charge in [-0.15, -0.1) is 0 Å². The van der Waals surface area contributed by atoms with Crippen molar-refractivity contribution in [2.75, 3.05) is 0 Å². The molecule has 0 bridgehead atoms. The van der Waals surface area contributed by atoms with E-state index in [1.54, 1.807) is 26.0 Å². The fourth-order valence-corrected chi connectivity index (χ4v) is 5.15. The van der Waals surface area contributed by atoms with Gasteiger partial charge >= 0.3 is 16.4 Å². The fraction of sp³-hybridized carbons (Fsp3) is 0.478. The van der Waals surface area contributed by atoms with Crippen molar-refractivity contribution < 1.29 is 32.6 Å². The van der Waals surface area contributed by atoms with Gasteiger partial charge in [0, 0.05) is 0 Å². The van der Waals surface area contributed by atoms with E-state index in [1.165, 1.54) is 12.1 Å². The molecule has 2 unspecified atom stereocenters. The second kappa shape index (κ2) is 6.64. The zero-order chi connectivity index (χ0) is 24.4. The van der Waals surface area contributed by atoms with Crippen molar-refractivity contribution in [3.63, 3.8) is 0 Å². The molecule has 0 saturated heterocycles. The molecular formula is C23H26F8S. The number of halogens is 8. The van der Waals surface area contributed by atoms with E-state index in [0.717, 1.165) is 17.7 Å². The molecule has 0 aliphatic heterocycles. The van der Waals surface area contributed by atoms with Gasteiger partial charge in [0.2, 0.25) is 0 Å². The van der Waals surface area contributed by atoms with Crippen LogP contribution in [0.2, 0.25) is 0 Å². The average molecular weight is 487 g/mol. The van der Waals surface area contributed by atoms with Crippen LogP contribution < -0.4 is 0 Å². The molecule has 1 aliphatic carbocycles. The van der Waals surface area contributed by atoms with Gasteiger partial charge in [-0.3, -0.25) is 0 Å². The topological polar surface area (TPSA) is 0 Å².